The highest BCUT2D eigenvalue weighted by Gasteiger charge is 2.26. The van der Waals surface area contributed by atoms with Crippen molar-refractivity contribution < 1.29 is 9.53 Å². The molecule has 0 bridgehead atoms. The molecule has 0 spiro atoms. The number of halogens is 2. The number of carbonyl (C=O) groups excluding carboxylic acids is 1. The fraction of sp³-hybridized carbons (Fsp3) is 0.421. The third kappa shape index (κ3) is 8.12. The molecule has 0 aliphatic heterocycles. The number of unbranched alkanes of at least 4 members (excludes halogenated alkanes) is 1. The molecule has 3 aromatic carbocycles. The van der Waals surface area contributed by atoms with E-state index < -0.39 is 0 Å². The average molecular weight is 649 g/mol. The summed E-state index contributed by atoms with van der Waals surface area (Å²) in [6.45, 7) is 18.8. The first-order valence-electron chi connectivity index (χ1n) is 16.0. The van der Waals surface area contributed by atoms with Crippen LogP contribution in [0.25, 0.3) is 16.9 Å². The summed E-state index contributed by atoms with van der Waals surface area (Å²) in [6.07, 6.45) is 3.69. The third-order valence-electron chi connectivity index (χ3n) is 9.26. The molecule has 0 aliphatic rings. The van der Waals surface area contributed by atoms with Gasteiger partial charge in [-0.15, -0.1) is 0 Å². The third-order valence-corrected chi connectivity index (χ3v) is 10.0. The number of hydrogen-bond acceptors (Lipinski definition) is 3. The molecule has 1 N–H and O–H groups in total. The predicted molar refractivity (Wildman–Crippen MR) is 189 cm³/mol. The summed E-state index contributed by atoms with van der Waals surface area (Å²) in [6, 6.07) is 19.9. The van der Waals surface area contributed by atoms with Crippen LogP contribution in [-0.4, -0.2) is 28.8 Å². The minimum atomic E-state index is -0.203. The lowest BCUT2D eigenvalue weighted by Crippen LogP contribution is -2.27. The number of rotatable bonds is 13. The Bertz CT molecular complexity index is 1650. The Balaban J connectivity index is 1.43. The van der Waals surface area contributed by atoms with Crippen molar-refractivity contribution >= 4 is 29.1 Å². The van der Waals surface area contributed by atoms with E-state index in [2.05, 4.69) is 91.0 Å². The second kappa shape index (κ2) is 14.4. The van der Waals surface area contributed by atoms with Crippen molar-refractivity contribution in [3.05, 3.63) is 98.7 Å². The zero-order valence-electron chi connectivity index (χ0n) is 28.0. The largest absolute Gasteiger partial charge is 0.493 e. The molecule has 4 rings (SSSR count). The van der Waals surface area contributed by atoms with E-state index in [1.54, 1.807) is 16.8 Å². The van der Waals surface area contributed by atoms with Crippen LogP contribution in [0.2, 0.25) is 10.0 Å². The molecular weight excluding hydrogens is 601 g/mol. The average Bonchev–Trinajstić information content (AvgIpc) is 3.47. The predicted octanol–water partition coefficient (Wildman–Crippen LogP) is 10.4. The van der Waals surface area contributed by atoms with Crippen LogP contribution in [0.15, 0.2) is 60.7 Å². The van der Waals surface area contributed by atoms with Gasteiger partial charge in [-0.1, -0.05) is 89.0 Å². The van der Waals surface area contributed by atoms with Crippen molar-refractivity contribution in [2.75, 3.05) is 13.2 Å². The Morgan fingerprint density at radius 1 is 0.844 bits per heavy atom. The van der Waals surface area contributed by atoms with Gasteiger partial charge in [0.1, 0.15) is 11.4 Å². The maximum Gasteiger partial charge on any atom is 0.270 e. The highest BCUT2D eigenvalue weighted by atomic mass is 35.5. The van der Waals surface area contributed by atoms with Gasteiger partial charge in [0.05, 0.1) is 28.0 Å². The maximum atomic E-state index is 13.5. The number of nitrogens with one attached hydrogen (secondary N) is 1. The summed E-state index contributed by atoms with van der Waals surface area (Å²) >= 11 is 12.5. The zero-order valence-corrected chi connectivity index (χ0v) is 29.5. The van der Waals surface area contributed by atoms with Gasteiger partial charge in [-0.05, 0) is 103 Å². The van der Waals surface area contributed by atoms with E-state index in [1.807, 2.05) is 18.2 Å². The number of carbonyl (C=O) groups is 1. The van der Waals surface area contributed by atoms with Gasteiger partial charge in [-0.3, -0.25) is 4.79 Å². The van der Waals surface area contributed by atoms with Crippen LogP contribution in [0.4, 0.5) is 0 Å². The topological polar surface area (TPSA) is 56.1 Å². The smallest absolute Gasteiger partial charge is 0.270 e. The van der Waals surface area contributed by atoms with E-state index in [4.69, 9.17) is 33.0 Å². The normalized spacial score (nSPS) is 12.0. The lowest BCUT2D eigenvalue weighted by molar-refractivity contribution is 0.0944. The summed E-state index contributed by atoms with van der Waals surface area (Å²) in [5.41, 5.74) is 7.84. The number of hydrogen-bond donors (Lipinski definition) is 1. The minimum Gasteiger partial charge on any atom is -0.493 e. The first-order valence-corrected chi connectivity index (χ1v) is 16.7. The molecule has 5 nitrogen and oxygen atoms in total. The van der Waals surface area contributed by atoms with Crippen LogP contribution >= 0.6 is 23.2 Å². The molecule has 7 heteroatoms. The van der Waals surface area contributed by atoms with Crippen molar-refractivity contribution in [3.63, 3.8) is 0 Å². The van der Waals surface area contributed by atoms with Crippen molar-refractivity contribution in [1.82, 2.24) is 15.1 Å². The molecule has 1 heterocycles. The number of benzene rings is 3. The SMILES string of the molecule is CCC(C)(C)c1ccc(OCCCCNC(=O)c2cc(-c3ccc(C)c(C)c3)nn2-c2ccc(Cl)c(Cl)c2)c(C(C)(C)CC)c1. The molecule has 0 saturated heterocycles. The molecule has 0 radical (unpaired) electrons. The summed E-state index contributed by atoms with van der Waals surface area (Å²) in [5, 5.41) is 8.73. The Morgan fingerprint density at radius 3 is 2.24 bits per heavy atom. The molecule has 0 fully saturated rings. The lowest BCUT2D eigenvalue weighted by atomic mass is 9.76. The summed E-state index contributed by atoms with van der Waals surface area (Å²) in [7, 11) is 0. The molecular formula is C38H47Cl2N3O2. The Labute approximate surface area is 279 Å². The monoisotopic (exact) mass is 647 g/mol. The van der Waals surface area contributed by atoms with E-state index in [0.717, 1.165) is 42.6 Å². The molecule has 45 heavy (non-hydrogen) atoms. The first-order chi connectivity index (χ1) is 21.3. The molecule has 0 atom stereocenters. The van der Waals surface area contributed by atoms with Gasteiger partial charge in [-0.25, -0.2) is 4.68 Å². The molecule has 0 unspecified atom stereocenters. The van der Waals surface area contributed by atoms with Gasteiger partial charge in [0.2, 0.25) is 0 Å². The number of nitrogens with zero attached hydrogens (tertiary/aromatic N) is 2. The van der Waals surface area contributed by atoms with Crippen LogP contribution in [0.1, 0.15) is 100.0 Å². The lowest BCUT2D eigenvalue weighted by Gasteiger charge is -2.30. The van der Waals surface area contributed by atoms with Gasteiger partial charge >= 0.3 is 0 Å². The van der Waals surface area contributed by atoms with Crippen LogP contribution in [0, 0.1) is 13.8 Å². The summed E-state index contributed by atoms with van der Waals surface area (Å²) < 4.78 is 7.97. The number of aromatic nitrogens is 2. The molecule has 0 saturated carbocycles. The van der Waals surface area contributed by atoms with Crippen LogP contribution in [-0.2, 0) is 10.8 Å². The van der Waals surface area contributed by atoms with Gasteiger partial charge in [0.25, 0.3) is 5.91 Å². The van der Waals surface area contributed by atoms with Gasteiger partial charge in [0.15, 0.2) is 0 Å². The second-order valence-corrected chi connectivity index (χ2v) is 14.0. The zero-order chi connectivity index (χ0) is 32.9. The van der Waals surface area contributed by atoms with Crippen LogP contribution in [0.5, 0.6) is 5.75 Å². The quantitative estimate of drug-likeness (QED) is 0.147. The fourth-order valence-electron chi connectivity index (χ4n) is 5.10. The number of amides is 1. The second-order valence-electron chi connectivity index (χ2n) is 13.2. The highest BCUT2D eigenvalue weighted by Crippen LogP contribution is 2.38. The molecule has 1 aromatic heterocycles. The van der Waals surface area contributed by atoms with E-state index >= 15 is 0 Å². The summed E-state index contributed by atoms with van der Waals surface area (Å²) in [5.74, 6) is 0.747. The van der Waals surface area contributed by atoms with E-state index in [9.17, 15) is 4.79 Å². The van der Waals surface area contributed by atoms with Crippen LogP contribution < -0.4 is 10.1 Å². The van der Waals surface area contributed by atoms with Crippen molar-refractivity contribution in [1.29, 1.82) is 0 Å². The number of aryl methyl sites for hydroxylation is 2. The van der Waals surface area contributed by atoms with E-state index in [1.165, 1.54) is 16.7 Å². The molecule has 4 aromatic rings. The van der Waals surface area contributed by atoms with Crippen molar-refractivity contribution in [3.8, 4) is 22.7 Å². The molecule has 240 valence electrons. The highest BCUT2D eigenvalue weighted by molar-refractivity contribution is 6.42. The number of ether oxygens (including phenoxy) is 1. The van der Waals surface area contributed by atoms with Crippen molar-refractivity contribution in [2.45, 2.75) is 91.9 Å². The van der Waals surface area contributed by atoms with Gasteiger partial charge in [-0.2, -0.15) is 5.10 Å². The molecule has 0 aliphatic carbocycles. The Hall–Kier alpha value is -3.28. The van der Waals surface area contributed by atoms with Gasteiger partial charge < -0.3 is 10.1 Å². The maximum absolute atomic E-state index is 13.5. The Kier molecular flexibility index (Phi) is 11.1. The van der Waals surface area contributed by atoms with Crippen molar-refractivity contribution in [2.24, 2.45) is 0 Å². The van der Waals surface area contributed by atoms with E-state index in [0.29, 0.717) is 40.3 Å². The minimum absolute atomic E-state index is 0.0104. The first kappa shape index (κ1) is 34.6. The standard InChI is InChI=1S/C38H47Cl2N3O2/c1-9-37(5,6)28-15-18-35(30(22-28)38(7,8)10-2)45-20-12-11-19-41-36(44)34-24-33(27-14-13-25(3)26(4)21-27)42-43(34)29-16-17-31(39)32(40)23-29/h13-18,21-24H,9-12,19-20H2,1-8H3,(H,41,44). The Morgan fingerprint density at radius 2 is 1.58 bits per heavy atom. The molecule has 1 amide bonds. The fourth-order valence-corrected chi connectivity index (χ4v) is 5.39. The van der Waals surface area contributed by atoms with Crippen LogP contribution in [0.3, 0.4) is 0 Å². The van der Waals surface area contributed by atoms with Gasteiger partial charge in [0, 0.05) is 17.7 Å². The van der Waals surface area contributed by atoms with E-state index in [-0.39, 0.29) is 16.7 Å². The summed E-state index contributed by atoms with van der Waals surface area (Å²) in [4.78, 5) is 13.5.